The van der Waals surface area contributed by atoms with Crippen molar-refractivity contribution in [3.05, 3.63) is 34.8 Å². The van der Waals surface area contributed by atoms with Crippen LogP contribution in [-0.2, 0) is 16.1 Å². The number of amides is 2. The Balaban J connectivity index is 1.60. The van der Waals surface area contributed by atoms with Crippen molar-refractivity contribution in [1.82, 2.24) is 14.8 Å². The van der Waals surface area contributed by atoms with Crippen LogP contribution in [0.2, 0.25) is 0 Å². The van der Waals surface area contributed by atoms with Crippen molar-refractivity contribution in [2.24, 2.45) is 5.92 Å². The van der Waals surface area contributed by atoms with Crippen molar-refractivity contribution in [3.63, 3.8) is 0 Å². The first kappa shape index (κ1) is 18.2. The summed E-state index contributed by atoms with van der Waals surface area (Å²) in [4.78, 5) is 38.5. The van der Waals surface area contributed by atoms with Gasteiger partial charge in [0.25, 0.3) is 0 Å². The number of para-hydroxylation sites is 2. The summed E-state index contributed by atoms with van der Waals surface area (Å²) in [7, 11) is 0. The number of carbonyl (C=O) groups is 2. The summed E-state index contributed by atoms with van der Waals surface area (Å²) in [6.07, 6.45) is 2.75. The first-order valence-corrected chi connectivity index (χ1v) is 9.24. The minimum Gasteiger partial charge on any atom is -0.408 e. The van der Waals surface area contributed by atoms with Gasteiger partial charge in [0.05, 0.1) is 11.4 Å². The van der Waals surface area contributed by atoms with Gasteiger partial charge in [0, 0.05) is 32.6 Å². The van der Waals surface area contributed by atoms with Gasteiger partial charge in [0.2, 0.25) is 11.8 Å². The molecule has 1 aliphatic heterocycles. The van der Waals surface area contributed by atoms with Crippen molar-refractivity contribution >= 4 is 22.9 Å². The average molecular weight is 359 g/mol. The number of oxazole rings is 1. The molecular formula is C19H25N3O4. The van der Waals surface area contributed by atoms with Crippen LogP contribution in [0, 0.1) is 5.92 Å². The molecule has 1 fully saturated rings. The number of aryl methyl sites for hydroxylation is 1. The first-order chi connectivity index (χ1) is 12.6. The monoisotopic (exact) mass is 359 g/mol. The summed E-state index contributed by atoms with van der Waals surface area (Å²) in [5.41, 5.74) is 1.22. The van der Waals surface area contributed by atoms with Crippen molar-refractivity contribution in [2.45, 2.75) is 39.2 Å². The smallest absolute Gasteiger partial charge is 0.408 e. The maximum Gasteiger partial charge on any atom is 0.419 e. The molecule has 7 heteroatoms. The Kier molecular flexibility index (Phi) is 5.75. The Morgan fingerprint density at radius 2 is 2.12 bits per heavy atom. The van der Waals surface area contributed by atoms with E-state index in [0.29, 0.717) is 30.7 Å². The zero-order valence-corrected chi connectivity index (χ0v) is 15.1. The lowest BCUT2D eigenvalue weighted by atomic mass is 9.97. The number of nitrogens with zero attached hydrogens (tertiary/aromatic N) is 2. The average Bonchev–Trinajstić information content (AvgIpc) is 2.99. The largest absolute Gasteiger partial charge is 0.419 e. The van der Waals surface area contributed by atoms with Crippen LogP contribution in [0.25, 0.3) is 11.1 Å². The second-order valence-corrected chi connectivity index (χ2v) is 6.71. The highest BCUT2D eigenvalue weighted by Crippen LogP contribution is 2.18. The van der Waals surface area contributed by atoms with Gasteiger partial charge in [-0.15, -0.1) is 0 Å². The summed E-state index contributed by atoms with van der Waals surface area (Å²) < 4.78 is 6.68. The lowest BCUT2D eigenvalue weighted by Gasteiger charge is -2.32. The molecule has 1 N–H and O–H groups in total. The van der Waals surface area contributed by atoms with Gasteiger partial charge in [0.1, 0.15) is 0 Å². The van der Waals surface area contributed by atoms with Crippen molar-refractivity contribution in [2.75, 3.05) is 19.6 Å². The van der Waals surface area contributed by atoms with Crippen molar-refractivity contribution < 1.29 is 14.0 Å². The van der Waals surface area contributed by atoms with Crippen molar-refractivity contribution in [1.29, 1.82) is 0 Å². The second kappa shape index (κ2) is 8.21. The lowest BCUT2D eigenvalue weighted by Crippen LogP contribution is -2.45. The van der Waals surface area contributed by atoms with Gasteiger partial charge in [0.15, 0.2) is 5.58 Å². The SMILES string of the molecule is CCCNC(=O)C1CCCN(C(=O)CCn2c(=O)oc3ccccc32)C1. The first-order valence-electron chi connectivity index (χ1n) is 9.24. The third-order valence-corrected chi connectivity index (χ3v) is 4.82. The lowest BCUT2D eigenvalue weighted by molar-refractivity contribution is -0.135. The Morgan fingerprint density at radius 3 is 2.92 bits per heavy atom. The Morgan fingerprint density at radius 1 is 1.31 bits per heavy atom. The van der Waals surface area contributed by atoms with Crippen LogP contribution in [0.1, 0.15) is 32.6 Å². The van der Waals surface area contributed by atoms with E-state index in [1.165, 1.54) is 4.57 Å². The minimum atomic E-state index is -0.450. The normalized spacial score (nSPS) is 17.4. The van der Waals surface area contributed by atoms with Gasteiger partial charge in [-0.2, -0.15) is 0 Å². The molecule has 1 unspecified atom stereocenters. The standard InChI is InChI=1S/C19H25N3O4/c1-2-10-20-18(24)14-6-5-11-21(13-14)17(23)9-12-22-15-7-3-4-8-16(15)26-19(22)25/h3-4,7-8,14H,2,5-6,9-13H2,1H3,(H,20,24). The van der Waals surface area contributed by atoms with Crippen LogP contribution >= 0.6 is 0 Å². The van der Waals surface area contributed by atoms with Gasteiger partial charge < -0.3 is 14.6 Å². The molecule has 0 radical (unpaired) electrons. The third-order valence-electron chi connectivity index (χ3n) is 4.82. The number of hydrogen-bond acceptors (Lipinski definition) is 4. The van der Waals surface area contributed by atoms with Crippen LogP contribution < -0.4 is 11.1 Å². The molecule has 1 saturated heterocycles. The van der Waals surface area contributed by atoms with E-state index in [2.05, 4.69) is 5.32 Å². The van der Waals surface area contributed by atoms with Gasteiger partial charge in [-0.25, -0.2) is 4.79 Å². The highest BCUT2D eigenvalue weighted by molar-refractivity contribution is 5.81. The molecule has 1 atom stereocenters. The number of benzene rings is 1. The predicted molar refractivity (Wildman–Crippen MR) is 97.7 cm³/mol. The summed E-state index contributed by atoms with van der Waals surface area (Å²) in [5.74, 6) is -0.595. The summed E-state index contributed by atoms with van der Waals surface area (Å²) in [6, 6.07) is 7.18. The Hall–Kier alpha value is -2.57. The molecule has 2 heterocycles. The molecule has 1 aliphatic rings. The van der Waals surface area contributed by atoms with E-state index in [-0.39, 0.29) is 30.7 Å². The molecule has 1 aromatic heterocycles. The molecule has 26 heavy (non-hydrogen) atoms. The molecule has 0 aliphatic carbocycles. The number of rotatable bonds is 6. The van der Waals surface area contributed by atoms with E-state index >= 15 is 0 Å². The molecule has 140 valence electrons. The molecule has 2 aromatic rings. The Bertz CT molecular complexity index is 839. The second-order valence-electron chi connectivity index (χ2n) is 6.71. The number of fused-ring (bicyclic) bond motifs is 1. The van der Waals surface area contributed by atoms with Crippen LogP contribution in [-0.4, -0.2) is 40.9 Å². The van der Waals surface area contributed by atoms with E-state index < -0.39 is 5.76 Å². The van der Waals surface area contributed by atoms with E-state index in [9.17, 15) is 14.4 Å². The molecular weight excluding hydrogens is 334 g/mol. The summed E-state index contributed by atoms with van der Waals surface area (Å²) in [6.45, 7) is 4.07. The molecule has 2 amide bonds. The van der Waals surface area contributed by atoms with Gasteiger partial charge >= 0.3 is 5.76 Å². The summed E-state index contributed by atoms with van der Waals surface area (Å²) in [5, 5.41) is 2.91. The number of aromatic nitrogens is 1. The highest BCUT2D eigenvalue weighted by Gasteiger charge is 2.28. The highest BCUT2D eigenvalue weighted by atomic mass is 16.4. The van der Waals surface area contributed by atoms with Gasteiger partial charge in [-0.05, 0) is 31.4 Å². The maximum atomic E-state index is 12.6. The molecule has 0 saturated carbocycles. The van der Waals surface area contributed by atoms with Crippen LogP contribution in [0.5, 0.6) is 0 Å². The number of likely N-dealkylation sites (tertiary alicyclic amines) is 1. The fraction of sp³-hybridized carbons (Fsp3) is 0.526. The maximum absolute atomic E-state index is 12.6. The summed E-state index contributed by atoms with van der Waals surface area (Å²) >= 11 is 0. The molecule has 0 spiro atoms. The number of nitrogens with one attached hydrogen (secondary N) is 1. The number of hydrogen-bond donors (Lipinski definition) is 1. The van der Waals surface area contributed by atoms with Crippen LogP contribution in [0.15, 0.2) is 33.5 Å². The van der Waals surface area contributed by atoms with E-state index in [0.717, 1.165) is 19.3 Å². The van der Waals surface area contributed by atoms with E-state index in [4.69, 9.17) is 4.42 Å². The quantitative estimate of drug-likeness (QED) is 0.852. The number of carbonyl (C=O) groups excluding carboxylic acids is 2. The van der Waals surface area contributed by atoms with Crippen molar-refractivity contribution in [3.8, 4) is 0 Å². The van der Waals surface area contributed by atoms with E-state index in [1.807, 2.05) is 13.0 Å². The fourth-order valence-electron chi connectivity index (χ4n) is 3.40. The third kappa shape index (κ3) is 3.98. The predicted octanol–water partition coefficient (Wildman–Crippen LogP) is 1.75. The van der Waals surface area contributed by atoms with Crippen LogP contribution in [0.3, 0.4) is 0 Å². The molecule has 1 aromatic carbocycles. The topological polar surface area (TPSA) is 84.5 Å². The van der Waals surface area contributed by atoms with Gasteiger partial charge in [-0.1, -0.05) is 19.1 Å². The van der Waals surface area contributed by atoms with E-state index in [1.54, 1.807) is 23.1 Å². The molecule has 0 bridgehead atoms. The zero-order chi connectivity index (χ0) is 18.5. The fourth-order valence-corrected chi connectivity index (χ4v) is 3.40. The Labute approximate surface area is 152 Å². The molecule has 7 nitrogen and oxygen atoms in total. The number of piperidine rings is 1. The minimum absolute atomic E-state index is 0.0291. The van der Waals surface area contributed by atoms with Crippen LogP contribution in [0.4, 0.5) is 0 Å². The van der Waals surface area contributed by atoms with Gasteiger partial charge in [-0.3, -0.25) is 14.2 Å². The molecule has 3 rings (SSSR count). The zero-order valence-electron chi connectivity index (χ0n) is 15.1.